The number of likely N-dealkylation sites (N-methyl/N-ethyl adjacent to an activating group) is 1. The molecule has 1 aromatic heterocycles. The first-order chi connectivity index (χ1) is 8.22. The molecule has 0 spiro atoms. The van der Waals surface area contributed by atoms with Gasteiger partial charge in [-0.15, -0.1) is 5.10 Å². The minimum absolute atomic E-state index is 0.0905. The van der Waals surface area contributed by atoms with Gasteiger partial charge in [-0.2, -0.15) is 0 Å². The lowest BCUT2D eigenvalue weighted by Crippen LogP contribution is -2.17. The summed E-state index contributed by atoms with van der Waals surface area (Å²) in [6.07, 6.45) is 2.18. The van der Waals surface area contributed by atoms with E-state index in [1.165, 1.54) is 0 Å². The molecule has 17 heavy (non-hydrogen) atoms. The number of aromatic amines is 1. The molecule has 5 nitrogen and oxygen atoms in total. The molecular weight excluding hydrogens is 236 g/mol. The molecule has 0 aliphatic heterocycles. The Bertz CT molecular complexity index is 447. The second-order valence-corrected chi connectivity index (χ2v) is 5.17. The number of hydrogen-bond donors (Lipinski definition) is 2. The van der Waals surface area contributed by atoms with E-state index in [0.29, 0.717) is 6.04 Å². The second-order valence-electron chi connectivity index (χ2n) is 4.23. The van der Waals surface area contributed by atoms with Gasteiger partial charge in [0.1, 0.15) is 0 Å². The number of thioether (sulfide) groups is 1. The van der Waals surface area contributed by atoms with Gasteiger partial charge in [-0.25, -0.2) is 9.89 Å². The van der Waals surface area contributed by atoms with Gasteiger partial charge in [-0.1, -0.05) is 30.8 Å². The molecule has 1 heterocycles. The molecule has 1 fully saturated rings. The average molecular weight is 254 g/mol. The van der Waals surface area contributed by atoms with E-state index in [0.717, 1.165) is 42.4 Å². The largest absolute Gasteiger partial charge is 0.344 e. The first-order valence-electron chi connectivity index (χ1n) is 5.89. The zero-order valence-electron chi connectivity index (χ0n) is 10.0. The van der Waals surface area contributed by atoms with E-state index in [1.807, 2.05) is 0 Å². The molecule has 1 aliphatic carbocycles. The summed E-state index contributed by atoms with van der Waals surface area (Å²) in [5.74, 6) is 0.796. The monoisotopic (exact) mass is 254 g/mol. The Morgan fingerprint density at radius 2 is 2.47 bits per heavy atom. The normalized spacial score (nSPS) is 15.1. The van der Waals surface area contributed by atoms with Crippen molar-refractivity contribution in [1.29, 1.82) is 0 Å². The lowest BCUT2D eigenvalue weighted by Gasteiger charge is -2.06. The highest BCUT2D eigenvalue weighted by Gasteiger charge is 2.28. The van der Waals surface area contributed by atoms with Crippen LogP contribution in [0.2, 0.25) is 0 Å². The van der Waals surface area contributed by atoms with Crippen LogP contribution in [0.3, 0.4) is 0 Å². The van der Waals surface area contributed by atoms with Crippen molar-refractivity contribution in [3.63, 3.8) is 0 Å². The summed E-state index contributed by atoms with van der Waals surface area (Å²) in [6, 6.07) is 0.366. The summed E-state index contributed by atoms with van der Waals surface area (Å²) in [4.78, 5) is 11.5. The number of nitrogens with zero attached hydrogens (tertiary/aromatic N) is 2. The zero-order chi connectivity index (χ0) is 12.3. The predicted molar refractivity (Wildman–Crippen MR) is 69.5 cm³/mol. The molecule has 0 bridgehead atoms. The number of nitrogens with one attached hydrogen (secondary N) is 2. The first-order valence-corrected chi connectivity index (χ1v) is 6.88. The molecule has 1 aliphatic rings. The molecule has 0 saturated heterocycles. The van der Waals surface area contributed by atoms with Crippen LogP contribution >= 0.6 is 11.8 Å². The lowest BCUT2D eigenvalue weighted by molar-refractivity contribution is 0.642. The smallest absolute Gasteiger partial charge is 0.313 e. The molecule has 1 aromatic rings. The second kappa shape index (κ2) is 5.55. The number of H-pyrrole nitrogens is 1. The summed E-state index contributed by atoms with van der Waals surface area (Å²) in [6.45, 7) is 7.83. The van der Waals surface area contributed by atoms with Crippen molar-refractivity contribution >= 4 is 11.8 Å². The molecule has 2 N–H and O–H groups in total. The zero-order valence-corrected chi connectivity index (χ0v) is 10.8. The van der Waals surface area contributed by atoms with Crippen LogP contribution in [-0.2, 0) is 0 Å². The van der Waals surface area contributed by atoms with E-state index in [4.69, 9.17) is 0 Å². The molecule has 6 heteroatoms. The number of rotatable bonds is 7. The molecule has 0 amide bonds. The fourth-order valence-electron chi connectivity index (χ4n) is 1.57. The highest BCUT2D eigenvalue weighted by atomic mass is 32.2. The minimum atomic E-state index is -0.0905. The van der Waals surface area contributed by atoms with Gasteiger partial charge in [0, 0.05) is 18.3 Å². The summed E-state index contributed by atoms with van der Waals surface area (Å²) in [7, 11) is 0. The third kappa shape index (κ3) is 3.23. The Morgan fingerprint density at radius 3 is 3.12 bits per heavy atom. The van der Waals surface area contributed by atoms with Gasteiger partial charge in [0.15, 0.2) is 5.16 Å². The van der Waals surface area contributed by atoms with Crippen LogP contribution in [0.5, 0.6) is 0 Å². The topological polar surface area (TPSA) is 62.7 Å². The van der Waals surface area contributed by atoms with Crippen molar-refractivity contribution < 1.29 is 0 Å². The molecular formula is C11H18N4OS. The van der Waals surface area contributed by atoms with Crippen LogP contribution in [0, 0.1) is 0 Å². The first kappa shape index (κ1) is 12.4. The average Bonchev–Trinajstić information content (AvgIpc) is 3.08. The van der Waals surface area contributed by atoms with Gasteiger partial charge in [0.05, 0.1) is 0 Å². The predicted octanol–water partition coefficient (Wildman–Crippen LogP) is 1.16. The van der Waals surface area contributed by atoms with Gasteiger partial charge in [-0.05, 0) is 19.4 Å². The maximum Gasteiger partial charge on any atom is 0.344 e. The van der Waals surface area contributed by atoms with Crippen molar-refractivity contribution in [3.05, 3.63) is 22.6 Å². The summed E-state index contributed by atoms with van der Waals surface area (Å²) in [5, 5.41) is 10.6. The minimum Gasteiger partial charge on any atom is -0.313 e. The van der Waals surface area contributed by atoms with Crippen molar-refractivity contribution in [2.24, 2.45) is 0 Å². The van der Waals surface area contributed by atoms with Crippen LogP contribution in [0.1, 0.15) is 25.8 Å². The van der Waals surface area contributed by atoms with Crippen molar-refractivity contribution in [2.75, 3.05) is 18.8 Å². The van der Waals surface area contributed by atoms with Gasteiger partial charge >= 0.3 is 5.69 Å². The van der Waals surface area contributed by atoms with Gasteiger partial charge in [0.25, 0.3) is 0 Å². The van der Waals surface area contributed by atoms with Gasteiger partial charge < -0.3 is 5.32 Å². The van der Waals surface area contributed by atoms with Gasteiger partial charge in [-0.3, -0.25) is 4.57 Å². The van der Waals surface area contributed by atoms with Crippen molar-refractivity contribution in [1.82, 2.24) is 20.1 Å². The Kier molecular flexibility index (Phi) is 4.06. The van der Waals surface area contributed by atoms with E-state index < -0.39 is 0 Å². The Morgan fingerprint density at radius 1 is 1.71 bits per heavy atom. The van der Waals surface area contributed by atoms with Crippen molar-refractivity contribution in [3.8, 4) is 0 Å². The Balaban J connectivity index is 1.90. The number of hydrogen-bond acceptors (Lipinski definition) is 4. The fourth-order valence-corrected chi connectivity index (χ4v) is 2.48. The highest BCUT2D eigenvalue weighted by Crippen LogP contribution is 2.36. The maximum atomic E-state index is 11.5. The SMILES string of the molecule is C=C(CNCC)CSc1n[nH]c(=O)n1C1CC1. The Labute approximate surface area is 105 Å². The molecule has 0 radical (unpaired) electrons. The molecule has 94 valence electrons. The van der Waals surface area contributed by atoms with Crippen LogP contribution < -0.4 is 11.0 Å². The quantitative estimate of drug-likeness (QED) is 0.566. The highest BCUT2D eigenvalue weighted by molar-refractivity contribution is 7.99. The van der Waals surface area contributed by atoms with Gasteiger partial charge in [0.2, 0.25) is 0 Å². The summed E-state index contributed by atoms with van der Waals surface area (Å²) < 4.78 is 1.77. The van der Waals surface area contributed by atoms with Crippen molar-refractivity contribution in [2.45, 2.75) is 31.0 Å². The molecule has 2 rings (SSSR count). The Hall–Kier alpha value is -1.01. The third-order valence-electron chi connectivity index (χ3n) is 2.61. The maximum absolute atomic E-state index is 11.5. The molecule has 1 saturated carbocycles. The number of aromatic nitrogens is 3. The van der Waals surface area contributed by atoms with E-state index in [9.17, 15) is 4.79 Å². The third-order valence-corrected chi connectivity index (χ3v) is 3.71. The van der Waals surface area contributed by atoms with E-state index in [1.54, 1.807) is 16.3 Å². The van der Waals surface area contributed by atoms with E-state index >= 15 is 0 Å². The van der Waals surface area contributed by atoms with Crippen LogP contribution in [-0.4, -0.2) is 33.6 Å². The van der Waals surface area contributed by atoms with Crippen LogP contribution in [0.15, 0.2) is 22.1 Å². The molecule has 0 aromatic carbocycles. The van der Waals surface area contributed by atoms with Crippen LogP contribution in [0.25, 0.3) is 0 Å². The fraction of sp³-hybridized carbons (Fsp3) is 0.636. The summed E-state index contributed by atoms with van der Waals surface area (Å²) in [5.41, 5.74) is 1.03. The standard InChI is InChI=1S/C11H18N4OS/c1-3-12-6-8(2)7-17-11-14-13-10(16)15(11)9-4-5-9/h9,12H,2-7H2,1H3,(H,13,16). The molecule has 0 atom stereocenters. The van der Waals surface area contributed by atoms with Crippen LogP contribution in [0.4, 0.5) is 0 Å². The lowest BCUT2D eigenvalue weighted by atomic mass is 10.3. The molecule has 0 unspecified atom stereocenters. The van der Waals surface area contributed by atoms with E-state index in [2.05, 4.69) is 29.0 Å². The van der Waals surface area contributed by atoms with E-state index in [-0.39, 0.29) is 5.69 Å². The summed E-state index contributed by atoms with van der Waals surface area (Å²) >= 11 is 1.58.